The van der Waals surface area contributed by atoms with E-state index in [1.54, 1.807) is 11.0 Å². The molecule has 1 saturated carbocycles. The van der Waals surface area contributed by atoms with Crippen molar-refractivity contribution in [2.24, 2.45) is 11.8 Å². The van der Waals surface area contributed by atoms with Crippen LogP contribution < -0.4 is 4.90 Å². The van der Waals surface area contributed by atoms with Crippen molar-refractivity contribution in [1.82, 2.24) is 4.98 Å². The topological polar surface area (TPSA) is 50.3 Å². The van der Waals surface area contributed by atoms with Crippen molar-refractivity contribution in [2.45, 2.75) is 26.2 Å². The Hall–Kier alpha value is -2.27. The summed E-state index contributed by atoms with van der Waals surface area (Å²) < 4.78 is 0. The van der Waals surface area contributed by atoms with Gasteiger partial charge in [0.1, 0.15) is 5.78 Å². The SMILES string of the molecule is C=CCN(C(=O)[C@H]1CCC(=O)C[C@H]1C)c1nc(-c2ccccc2)cs1. The quantitative estimate of drug-likeness (QED) is 0.751. The van der Waals surface area contributed by atoms with Crippen LogP contribution in [0.2, 0.25) is 0 Å². The Labute approximate surface area is 152 Å². The van der Waals surface area contributed by atoms with E-state index in [0.717, 1.165) is 11.3 Å². The van der Waals surface area contributed by atoms with E-state index >= 15 is 0 Å². The summed E-state index contributed by atoms with van der Waals surface area (Å²) in [6, 6.07) is 9.93. The van der Waals surface area contributed by atoms with Gasteiger partial charge in [0, 0.05) is 36.2 Å². The van der Waals surface area contributed by atoms with E-state index in [-0.39, 0.29) is 23.5 Å². The molecule has 0 unspecified atom stereocenters. The molecule has 1 heterocycles. The van der Waals surface area contributed by atoms with Gasteiger partial charge in [-0.1, -0.05) is 43.3 Å². The van der Waals surface area contributed by atoms with Crippen LogP contribution in [0.5, 0.6) is 0 Å². The van der Waals surface area contributed by atoms with Crippen LogP contribution in [0.3, 0.4) is 0 Å². The predicted octanol–water partition coefficient (Wildman–Crippen LogP) is 4.33. The average molecular weight is 354 g/mol. The molecule has 25 heavy (non-hydrogen) atoms. The fraction of sp³-hybridized carbons (Fsp3) is 0.350. The third-order valence-electron chi connectivity index (χ3n) is 4.66. The number of nitrogens with zero attached hydrogens (tertiary/aromatic N) is 2. The predicted molar refractivity (Wildman–Crippen MR) is 102 cm³/mol. The largest absolute Gasteiger partial charge is 0.300 e. The van der Waals surface area contributed by atoms with Crippen molar-refractivity contribution >= 4 is 28.2 Å². The molecule has 1 amide bonds. The maximum atomic E-state index is 13.1. The molecule has 1 aromatic heterocycles. The van der Waals surface area contributed by atoms with Crippen LogP contribution in [0, 0.1) is 11.8 Å². The van der Waals surface area contributed by atoms with E-state index in [2.05, 4.69) is 11.6 Å². The number of Topliss-reactive ketones (excluding diaryl/α,β-unsaturated/α-hetero) is 1. The molecule has 3 rings (SSSR count). The first kappa shape index (κ1) is 17.5. The van der Waals surface area contributed by atoms with Crippen molar-refractivity contribution in [2.75, 3.05) is 11.4 Å². The van der Waals surface area contributed by atoms with Gasteiger partial charge in [-0.05, 0) is 12.3 Å². The minimum absolute atomic E-state index is 0.0499. The van der Waals surface area contributed by atoms with Crippen molar-refractivity contribution in [1.29, 1.82) is 0 Å². The number of hydrogen-bond donors (Lipinski definition) is 0. The molecule has 5 heteroatoms. The Kier molecular flexibility index (Phi) is 5.43. The average Bonchev–Trinajstić information content (AvgIpc) is 3.09. The van der Waals surface area contributed by atoms with Gasteiger partial charge in [0.25, 0.3) is 0 Å². The van der Waals surface area contributed by atoms with Gasteiger partial charge in [-0.25, -0.2) is 4.98 Å². The monoisotopic (exact) mass is 354 g/mol. The smallest absolute Gasteiger partial charge is 0.232 e. The zero-order valence-electron chi connectivity index (χ0n) is 14.4. The molecule has 0 N–H and O–H groups in total. The van der Waals surface area contributed by atoms with Crippen molar-refractivity contribution < 1.29 is 9.59 Å². The second-order valence-corrected chi connectivity index (χ2v) is 7.32. The molecule has 1 aliphatic rings. The molecular formula is C20H22N2O2S. The van der Waals surface area contributed by atoms with E-state index in [4.69, 9.17) is 0 Å². The molecular weight excluding hydrogens is 332 g/mol. The summed E-state index contributed by atoms with van der Waals surface area (Å²) >= 11 is 1.47. The van der Waals surface area contributed by atoms with E-state index in [0.29, 0.717) is 30.9 Å². The zero-order valence-corrected chi connectivity index (χ0v) is 15.2. The normalized spacial score (nSPS) is 20.3. The van der Waals surface area contributed by atoms with Gasteiger partial charge in [0.15, 0.2) is 5.13 Å². The fourth-order valence-corrected chi connectivity index (χ4v) is 4.14. The Bertz CT molecular complexity index is 769. The van der Waals surface area contributed by atoms with Crippen molar-refractivity contribution in [3.8, 4) is 11.3 Å². The maximum Gasteiger partial charge on any atom is 0.232 e. The Morgan fingerprint density at radius 2 is 2.16 bits per heavy atom. The lowest BCUT2D eigenvalue weighted by Gasteiger charge is -2.31. The lowest BCUT2D eigenvalue weighted by molar-refractivity contribution is -0.129. The third-order valence-corrected chi connectivity index (χ3v) is 5.52. The lowest BCUT2D eigenvalue weighted by Crippen LogP contribution is -2.41. The van der Waals surface area contributed by atoms with Crippen LogP contribution in [0.4, 0.5) is 5.13 Å². The van der Waals surface area contributed by atoms with Crippen molar-refractivity contribution in [3.63, 3.8) is 0 Å². The second kappa shape index (κ2) is 7.74. The van der Waals surface area contributed by atoms with Gasteiger partial charge in [-0.3, -0.25) is 14.5 Å². The van der Waals surface area contributed by atoms with Gasteiger partial charge < -0.3 is 0 Å². The van der Waals surface area contributed by atoms with Gasteiger partial charge >= 0.3 is 0 Å². The number of rotatable bonds is 5. The van der Waals surface area contributed by atoms with Crippen LogP contribution >= 0.6 is 11.3 Å². The molecule has 2 atom stereocenters. The van der Waals surface area contributed by atoms with Crippen molar-refractivity contribution in [3.05, 3.63) is 48.4 Å². The molecule has 1 aliphatic carbocycles. The number of aromatic nitrogens is 1. The number of benzene rings is 1. The number of thiazole rings is 1. The summed E-state index contributed by atoms with van der Waals surface area (Å²) in [4.78, 5) is 31.1. The third kappa shape index (κ3) is 3.87. The number of carbonyl (C=O) groups is 2. The van der Waals surface area contributed by atoms with Gasteiger partial charge in [-0.2, -0.15) is 0 Å². The summed E-state index contributed by atoms with van der Waals surface area (Å²) in [6.07, 6.45) is 3.34. The minimum Gasteiger partial charge on any atom is -0.300 e. The van der Waals surface area contributed by atoms with E-state index < -0.39 is 0 Å². The highest BCUT2D eigenvalue weighted by atomic mass is 32.1. The summed E-state index contributed by atoms with van der Waals surface area (Å²) in [5.41, 5.74) is 1.90. The number of hydrogen-bond acceptors (Lipinski definition) is 4. The Morgan fingerprint density at radius 3 is 2.84 bits per heavy atom. The van der Waals surface area contributed by atoms with Gasteiger partial charge in [0.2, 0.25) is 5.91 Å². The minimum atomic E-state index is -0.123. The Balaban J connectivity index is 1.84. The number of anilines is 1. The molecule has 0 radical (unpaired) electrons. The first-order valence-electron chi connectivity index (χ1n) is 8.55. The summed E-state index contributed by atoms with van der Waals surface area (Å²) in [7, 11) is 0. The highest BCUT2D eigenvalue weighted by Crippen LogP contribution is 2.33. The molecule has 1 fully saturated rings. The zero-order chi connectivity index (χ0) is 17.8. The first-order chi connectivity index (χ1) is 12.1. The maximum absolute atomic E-state index is 13.1. The molecule has 0 spiro atoms. The van der Waals surface area contributed by atoms with Crippen LogP contribution in [0.25, 0.3) is 11.3 Å². The number of ketones is 1. The number of amides is 1. The lowest BCUT2D eigenvalue weighted by atomic mass is 9.79. The highest BCUT2D eigenvalue weighted by molar-refractivity contribution is 7.14. The Morgan fingerprint density at radius 1 is 1.40 bits per heavy atom. The van der Waals surface area contributed by atoms with E-state index in [9.17, 15) is 9.59 Å². The molecule has 0 saturated heterocycles. The molecule has 130 valence electrons. The van der Waals surface area contributed by atoms with E-state index in [1.807, 2.05) is 42.6 Å². The van der Waals surface area contributed by atoms with Gasteiger partial charge in [0.05, 0.1) is 5.69 Å². The van der Waals surface area contributed by atoms with E-state index in [1.165, 1.54) is 11.3 Å². The summed E-state index contributed by atoms with van der Waals surface area (Å²) in [6.45, 7) is 6.20. The standard InChI is InChI=1S/C20H22N2O2S/c1-3-11-22(19(24)17-10-9-16(23)12-14(17)2)20-21-18(13-25-20)15-7-5-4-6-8-15/h3-8,13-14,17H,1,9-12H2,2H3/t14-,17+/m1/s1. The summed E-state index contributed by atoms with van der Waals surface area (Å²) in [5, 5.41) is 2.66. The van der Waals surface area contributed by atoms with Crippen LogP contribution in [0.15, 0.2) is 48.4 Å². The van der Waals surface area contributed by atoms with Gasteiger partial charge in [-0.15, -0.1) is 17.9 Å². The summed E-state index contributed by atoms with van der Waals surface area (Å²) in [5.74, 6) is 0.262. The molecule has 0 bridgehead atoms. The molecule has 1 aromatic carbocycles. The van der Waals surface area contributed by atoms with Crippen LogP contribution in [0.1, 0.15) is 26.2 Å². The van der Waals surface area contributed by atoms with Crippen LogP contribution in [-0.2, 0) is 9.59 Å². The highest BCUT2D eigenvalue weighted by Gasteiger charge is 2.35. The second-order valence-electron chi connectivity index (χ2n) is 6.48. The molecule has 2 aromatic rings. The fourth-order valence-electron chi connectivity index (χ4n) is 3.29. The number of carbonyl (C=O) groups excluding carboxylic acids is 2. The first-order valence-corrected chi connectivity index (χ1v) is 9.43. The van der Waals surface area contributed by atoms with Crippen LogP contribution in [-0.4, -0.2) is 23.2 Å². The molecule has 0 aliphatic heterocycles. The molecule has 4 nitrogen and oxygen atoms in total.